The minimum Gasteiger partial charge on any atom is -0.310 e. The van der Waals surface area contributed by atoms with E-state index in [0.717, 1.165) is 28.3 Å². The van der Waals surface area contributed by atoms with Crippen molar-refractivity contribution in [2.24, 2.45) is 0 Å². The third-order valence-electron chi connectivity index (χ3n) is 12.5. The number of hydrogen-bond acceptors (Lipinski definition) is 1. The zero-order chi connectivity index (χ0) is 41.0. The first kappa shape index (κ1) is 35.7. The Morgan fingerprint density at radius 1 is 0.258 bits per heavy atom. The molecule has 0 aliphatic rings. The minimum atomic E-state index is 1.09. The number of anilines is 3. The first-order valence-corrected chi connectivity index (χ1v) is 21.3. The minimum absolute atomic E-state index is 1.09. The van der Waals surface area contributed by atoms with Gasteiger partial charge in [-0.2, -0.15) is 0 Å². The highest BCUT2D eigenvalue weighted by atomic mass is 15.1. The van der Waals surface area contributed by atoms with E-state index >= 15 is 0 Å². The molecule has 0 bridgehead atoms. The van der Waals surface area contributed by atoms with Crippen LogP contribution in [0, 0.1) is 0 Å². The average Bonchev–Trinajstić information content (AvgIpc) is 3.68. The van der Waals surface area contributed by atoms with Crippen molar-refractivity contribution >= 4 is 71.2 Å². The molecule has 0 unspecified atom stereocenters. The fraction of sp³-hybridized carbons (Fsp3) is 0. The zero-order valence-electron chi connectivity index (χ0n) is 34.0. The van der Waals surface area contributed by atoms with Gasteiger partial charge in [0.2, 0.25) is 0 Å². The summed E-state index contributed by atoms with van der Waals surface area (Å²) in [7, 11) is 0. The Morgan fingerprint density at radius 2 is 0.823 bits per heavy atom. The van der Waals surface area contributed by atoms with Crippen molar-refractivity contribution in [2.75, 3.05) is 4.90 Å². The number of rotatable bonds is 7. The normalized spacial score (nSPS) is 11.5. The number of para-hydroxylation sites is 2. The molecule has 0 fully saturated rings. The molecule has 2 nitrogen and oxygen atoms in total. The second-order valence-corrected chi connectivity index (χ2v) is 16.2. The molecule has 0 saturated heterocycles. The van der Waals surface area contributed by atoms with Crippen LogP contribution in [0.2, 0.25) is 0 Å². The predicted molar refractivity (Wildman–Crippen MR) is 264 cm³/mol. The van der Waals surface area contributed by atoms with Gasteiger partial charge >= 0.3 is 0 Å². The first-order chi connectivity index (χ1) is 30.7. The summed E-state index contributed by atoms with van der Waals surface area (Å²) in [6.45, 7) is 0. The van der Waals surface area contributed by atoms with Crippen LogP contribution in [0.25, 0.3) is 93.2 Å². The van der Waals surface area contributed by atoms with Crippen LogP contribution in [0.5, 0.6) is 0 Å². The molecule has 0 aliphatic heterocycles. The van der Waals surface area contributed by atoms with Gasteiger partial charge in [0.05, 0.1) is 11.0 Å². The molecular formula is C60H40N2. The van der Waals surface area contributed by atoms with E-state index in [2.05, 4.69) is 252 Å². The maximum Gasteiger partial charge on any atom is 0.0541 e. The lowest BCUT2D eigenvalue weighted by atomic mass is 9.94. The third kappa shape index (κ3) is 6.12. The highest BCUT2D eigenvalue weighted by Crippen LogP contribution is 2.42. The molecule has 1 aromatic heterocycles. The Morgan fingerprint density at radius 3 is 1.61 bits per heavy atom. The number of aromatic nitrogens is 1. The fourth-order valence-corrected chi connectivity index (χ4v) is 9.56. The van der Waals surface area contributed by atoms with E-state index in [1.807, 2.05) is 0 Å². The van der Waals surface area contributed by atoms with Crippen LogP contribution in [0.15, 0.2) is 243 Å². The summed E-state index contributed by atoms with van der Waals surface area (Å²) >= 11 is 0. The van der Waals surface area contributed by atoms with Crippen molar-refractivity contribution in [3.05, 3.63) is 243 Å². The van der Waals surface area contributed by atoms with Crippen molar-refractivity contribution < 1.29 is 0 Å². The highest BCUT2D eigenvalue weighted by Gasteiger charge is 2.18. The van der Waals surface area contributed by atoms with Gasteiger partial charge in [-0.05, 0) is 138 Å². The summed E-state index contributed by atoms with van der Waals surface area (Å²) in [5, 5.41) is 10.0. The van der Waals surface area contributed by atoms with Crippen LogP contribution in [-0.2, 0) is 0 Å². The monoisotopic (exact) mass is 788 g/mol. The Bertz CT molecular complexity index is 3640. The number of fused-ring (bicyclic) bond motifs is 7. The van der Waals surface area contributed by atoms with E-state index in [4.69, 9.17) is 0 Å². The molecule has 0 amide bonds. The van der Waals surface area contributed by atoms with Gasteiger partial charge in [0.1, 0.15) is 0 Å². The number of nitrogens with zero attached hydrogens (tertiary/aromatic N) is 2. The van der Waals surface area contributed by atoms with E-state index in [-0.39, 0.29) is 0 Å². The topological polar surface area (TPSA) is 8.17 Å². The smallest absolute Gasteiger partial charge is 0.0541 e. The zero-order valence-corrected chi connectivity index (χ0v) is 34.0. The Labute approximate surface area is 360 Å². The summed E-state index contributed by atoms with van der Waals surface area (Å²) in [5.41, 5.74) is 14.0. The van der Waals surface area contributed by atoms with E-state index in [1.165, 1.54) is 81.9 Å². The van der Waals surface area contributed by atoms with Crippen LogP contribution < -0.4 is 4.90 Å². The van der Waals surface area contributed by atoms with Crippen molar-refractivity contribution in [1.29, 1.82) is 0 Å². The van der Waals surface area contributed by atoms with Crippen molar-refractivity contribution in [3.63, 3.8) is 0 Å². The van der Waals surface area contributed by atoms with Crippen molar-refractivity contribution in [1.82, 2.24) is 4.57 Å². The highest BCUT2D eigenvalue weighted by molar-refractivity contribution is 6.12. The average molecular weight is 789 g/mol. The van der Waals surface area contributed by atoms with Crippen LogP contribution in [0.3, 0.4) is 0 Å². The molecule has 0 aliphatic carbocycles. The molecule has 12 aromatic rings. The van der Waals surface area contributed by atoms with Gasteiger partial charge in [0.15, 0.2) is 0 Å². The molecule has 0 N–H and O–H groups in total. The summed E-state index contributed by atoms with van der Waals surface area (Å²) < 4.78 is 2.37. The number of hydrogen-bond donors (Lipinski definition) is 0. The predicted octanol–water partition coefficient (Wildman–Crippen LogP) is 16.7. The fourth-order valence-electron chi connectivity index (χ4n) is 9.56. The maximum atomic E-state index is 2.40. The van der Waals surface area contributed by atoms with Gasteiger partial charge in [-0.3, -0.25) is 0 Å². The SMILES string of the molecule is c1ccc(-n2c3ccccc3c3cc(-c4cccc(N(c5ccc(-c6cccc7c6ccc6ccccc67)cc5)c5cccc(-c6ccc7ccccc7c6)c5)c4)ccc32)cc1. The molecule has 11 aromatic carbocycles. The van der Waals surface area contributed by atoms with E-state index < -0.39 is 0 Å². The second-order valence-electron chi connectivity index (χ2n) is 16.2. The molecule has 0 radical (unpaired) electrons. The Kier molecular flexibility index (Phi) is 8.53. The quantitative estimate of drug-likeness (QED) is 0.146. The standard InChI is InChI=1S/C60H40N2/c1-2-18-49(19-3-1)62-59-26-9-8-23-57(59)58-40-48(32-36-60(58)62)46-17-11-21-52(39-46)61(51-20-10-16-45(38-51)47-28-27-41-13-4-5-15-44(41)37-47)50-33-29-43(30-34-50)54-24-12-25-55-53-22-7-6-14-42(53)31-35-56(54)55/h1-40H. The molecule has 2 heteroatoms. The van der Waals surface area contributed by atoms with Crippen LogP contribution in [-0.4, -0.2) is 4.57 Å². The van der Waals surface area contributed by atoms with E-state index in [1.54, 1.807) is 0 Å². The summed E-state index contributed by atoms with van der Waals surface area (Å²) in [6, 6.07) is 88.5. The summed E-state index contributed by atoms with van der Waals surface area (Å²) in [4.78, 5) is 2.40. The lowest BCUT2D eigenvalue weighted by Gasteiger charge is -2.27. The molecule has 0 atom stereocenters. The van der Waals surface area contributed by atoms with Crippen molar-refractivity contribution in [3.8, 4) is 39.1 Å². The van der Waals surface area contributed by atoms with Gasteiger partial charge in [-0.15, -0.1) is 0 Å². The maximum absolute atomic E-state index is 2.40. The van der Waals surface area contributed by atoms with Gasteiger partial charge in [0, 0.05) is 33.5 Å². The lowest BCUT2D eigenvalue weighted by Crippen LogP contribution is -2.10. The lowest BCUT2D eigenvalue weighted by molar-refractivity contribution is 1.18. The Hall–Kier alpha value is -8.20. The molecule has 0 saturated carbocycles. The molecule has 1 heterocycles. The van der Waals surface area contributed by atoms with E-state index in [0.29, 0.717) is 0 Å². The molecule has 62 heavy (non-hydrogen) atoms. The van der Waals surface area contributed by atoms with Gasteiger partial charge in [0.25, 0.3) is 0 Å². The first-order valence-electron chi connectivity index (χ1n) is 21.3. The summed E-state index contributed by atoms with van der Waals surface area (Å²) in [5.74, 6) is 0. The van der Waals surface area contributed by atoms with Gasteiger partial charge < -0.3 is 9.47 Å². The second kappa shape index (κ2) is 14.8. The molecule has 0 spiro atoms. The van der Waals surface area contributed by atoms with Gasteiger partial charge in [-0.25, -0.2) is 0 Å². The van der Waals surface area contributed by atoms with Crippen molar-refractivity contribution in [2.45, 2.75) is 0 Å². The summed E-state index contributed by atoms with van der Waals surface area (Å²) in [6.07, 6.45) is 0. The molecular weight excluding hydrogens is 749 g/mol. The van der Waals surface area contributed by atoms with Gasteiger partial charge in [-0.1, -0.05) is 170 Å². The third-order valence-corrected chi connectivity index (χ3v) is 12.5. The van der Waals surface area contributed by atoms with Crippen LogP contribution in [0.4, 0.5) is 17.1 Å². The Balaban J connectivity index is 0.987. The van der Waals surface area contributed by atoms with Crippen LogP contribution >= 0.6 is 0 Å². The number of benzene rings is 11. The van der Waals surface area contributed by atoms with Crippen LogP contribution in [0.1, 0.15) is 0 Å². The van der Waals surface area contributed by atoms with E-state index in [9.17, 15) is 0 Å². The largest absolute Gasteiger partial charge is 0.310 e. The molecule has 12 rings (SSSR count). The molecule has 290 valence electrons.